The van der Waals surface area contributed by atoms with Gasteiger partial charge in [-0.2, -0.15) is 8.78 Å². The van der Waals surface area contributed by atoms with Crippen molar-refractivity contribution in [1.82, 2.24) is 55.6 Å². The number of carboxylic acid groups (broad SMARTS) is 1. The van der Waals surface area contributed by atoms with E-state index in [4.69, 9.17) is 53.7 Å². The zero-order valence-electron chi connectivity index (χ0n) is 62.5. The van der Waals surface area contributed by atoms with Crippen molar-refractivity contribution in [3.63, 3.8) is 0 Å². The van der Waals surface area contributed by atoms with Gasteiger partial charge in [0.15, 0.2) is 6.10 Å². The van der Waals surface area contributed by atoms with Gasteiger partial charge in [-0.1, -0.05) is 6.92 Å². The van der Waals surface area contributed by atoms with Gasteiger partial charge in [0.2, 0.25) is 28.7 Å². The number of ketones is 1. The molecule has 112 heavy (non-hydrogen) atoms. The Morgan fingerprint density at radius 1 is 0.536 bits per heavy atom. The standard InChI is InChI=1S/C8H13ClF2N2O2.C8H12F2N2O2.C8H13F2NO3.C8H11F2NO3.C8H11F2NO2.C7H10F2N2O2.C7H11F2NO3.C6H12F2N2O.C3H5ClO/c1-13-3-5(12-6(14)2-9)7(15)8(10,11)4-13;1-12-2-5-7(8(9,10)4-12)14-3-6(13)11-5;2*1-11-3-5(7(13)14-2)6(12)8(9,10)4-11;1-11-3-5-2-6(12)13-7(5)8(9,10)4-11;8-7(9)3-10-1-4-6(7)13-2-5(12)11-4;1-10-2-4(6(12)13)5(11)7(8,9)3-10;1-10-2-4(9)5(11)6(7,8)3-10;1-2-3(4)5/h5,7,15H,2-4H2,1H3,(H,12,14);5,7H,2-4H2,1H3,(H,11,13);5-6,12H,3-4H2,1-2H3;5H,3-4H2,1-2H3;5,7H,2-4H2,1H3;4,6,10H,1-3H2,(H,11,12);4-5,11H,2-3H2,1H3,(H,12,13);4-5,11H,2-3,9H2,1H3;2H2,1H3. The summed E-state index contributed by atoms with van der Waals surface area (Å²) in [6, 6.07) is -3.02. The fourth-order valence-corrected chi connectivity index (χ4v) is 13.3. The van der Waals surface area contributed by atoms with Crippen LogP contribution in [0.15, 0.2) is 0 Å². The lowest BCUT2D eigenvalue weighted by molar-refractivity contribution is -0.197. The molecule has 0 radical (unpaired) electrons. The summed E-state index contributed by atoms with van der Waals surface area (Å²) in [7, 11) is 12.8. The minimum Gasteiger partial charge on any atom is -0.481 e. The number of hydrogen-bond acceptors (Lipinski definition) is 27. The van der Waals surface area contributed by atoms with Crippen LogP contribution in [0.1, 0.15) is 19.8 Å². The molecule has 11 saturated heterocycles. The number of ether oxygens (including phenoxy) is 5. The molecule has 3 amide bonds. The number of rotatable bonds is 6. The molecular weight excluding hydrogens is 1600 g/mol. The molecule has 49 heteroatoms. The van der Waals surface area contributed by atoms with Crippen molar-refractivity contribution < 1.29 is 163 Å². The maximum absolute atomic E-state index is 13.4. The van der Waals surface area contributed by atoms with Gasteiger partial charge in [-0.15, -0.1) is 11.6 Å². The first-order valence-corrected chi connectivity index (χ1v) is 35.1. The number of Topliss-reactive ketones (excluding diaryl/α,β-unsaturated/α-hetero) is 1. The SMILES string of the molecule is CCC(=O)Cl.CN1CC(C(=O)O)C(O)C(F)(F)C1.CN1CC(N)C(O)C(F)(F)C1.CN1CC(NC(=O)CCl)C(O)C(F)(F)C1.CN1CC2CC(=O)OC2C(F)(F)C1.CN1CC2NC(=O)COC2C(F)(F)C1.COC(=O)C1CN(C)CC(F)(F)C1=O.COC(=O)C1CN(C)CC(F)(F)C1O.O=C1COC2C(CNCC2(F)F)N1. The summed E-state index contributed by atoms with van der Waals surface area (Å²) in [6.07, 6.45) is -10.6. The summed E-state index contributed by atoms with van der Waals surface area (Å²) in [5.74, 6) is -35.7. The highest BCUT2D eigenvalue weighted by Gasteiger charge is 2.58. The first-order chi connectivity index (χ1) is 51.2. The number of nitrogens with one attached hydrogen (secondary N) is 4. The van der Waals surface area contributed by atoms with Crippen molar-refractivity contribution in [2.75, 3.05) is 187 Å². The summed E-state index contributed by atoms with van der Waals surface area (Å²) in [5.41, 5.74) is 5.27. The number of hydrogen-bond donors (Lipinski definition) is 10. The number of carboxylic acids is 1. The fourth-order valence-electron chi connectivity index (χ4n) is 13.2. The number of aliphatic hydroxyl groups excluding tert-OH is 4. The number of piperidine rings is 8. The summed E-state index contributed by atoms with van der Waals surface area (Å²) in [4.78, 5) is 106. The Labute approximate surface area is 642 Å². The van der Waals surface area contributed by atoms with E-state index in [2.05, 4.69) is 35.5 Å². The highest BCUT2D eigenvalue weighted by Crippen LogP contribution is 2.40. The number of likely N-dealkylation sites (N-methyl/N-ethyl adjacent to an activating group) is 3. The Kier molecular flexibility index (Phi) is 37.8. The molecule has 11 aliphatic heterocycles. The zero-order chi connectivity index (χ0) is 86.1. The third-order valence-electron chi connectivity index (χ3n) is 18.3. The Morgan fingerprint density at radius 2 is 0.938 bits per heavy atom. The van der Waals surface area contributed by atoms with Crippen molar-refractivity contribution in [1.29, 1.82) is 0 Å². The first-order valence-electron chi connectivity index (χ1n) is 34.2. The van der Waals surface area contributed by atoms with Crippen LogP contribution in [0.25, 0.3) is 0 Å². The summed E-state index contributed by atoms with van der Waals surface area (Å²) in [6.45, 7) is -0.749. The van der Waals surface area contributed by atoms with Crippen LogP contribution >= 0.6 is 23.2 Å². The molecule has 11 fully saturated rings. The van der Waals surface area contributed by atoms with Crippen LogP contribution in [-0.4, -0.2) is 414 Å². The molecule has 0 aliphatic carbocycles. The predicted octanol–water partition coefficient (Wildman–Crippen LogP) is -1.60. The van der Waals surface area contributed by atoms with Gasteiger partial charge in [0.05, 0.1) is 91.1 Å². The molecule has 650 valence electrons. The number of aliphatic hydroxyl groups is 4. The quantitative estimate of drug-likeness (QED) is 0.0357. The van der Waals surface area contributed by atoms with Crippen molar-refractivity contribution >= 4 is 75.8 Å². The van der Waals surface area contributed by atoms with Gasteiger partial charge in [-0.05, 0) is 60.9 Å². The molecular formula is C63H98Cl2F16N12O19. The number of nitrogens with two attached hydrogens (primary N) is 1. The van der Waals surface area contributed by atoms with Crippen LogP contribution in [-0.2, 0) is 66.8 Å². The van der Waals surface area contributed by atoms with Crippen LogP contribution in [0, 0.1) is 23.7 Å². The number of nitrogens with zero attached hydrogens (tertiary/aromatic N) is 7. The third-order valence-corrected chi connectivity index (χ3v) is 18.8. The number of methoxy groups -OCH3 is 2. The number of likely N-dealkylation sites (tertiary alicyclic amines) is 7. The van der Waals surface area contributed by atoms with Crippen molar-refractivity contribution in [3.8, 4) is 0 Å². The van der Waals surface area contributed by atoms with E-state index in [1.54, 1.807) is 33.0 Å². The highest BCUT2D eigenvalue weighted by atomic mass is 35.5. The molecule has 0 bridgehead atoms. The molecule has 0 saturated carbocycles. The largest absolute Gasteiger partial charge is 0.481 e. The lowest BCUT2D eigenvalue weighted by Gasteiger charge is -2.44. The van der Waals surface area contributed by atoms with Gasteiger partial charge >= 0.3 is 29.8 Å². The number of morpholine rings is 2. The Bertz CT molecular complexity index is 3150. The van der Waals surface area contributed by atoms with Crippen LogP contribution < -0.4 is 27.0 Å². The van der Waals surface area contributed by atoms with E-state index in [-0.39, 0.29) is 94.3 Å². The normalized spacial score (nSPS) is 33.4. The van der Waals surface area contributed by atoms with E-state index in [1.165, 1.54) is 57.6 Å². The van der Waals surface area contributed by atoms with E-state index >= 15 is 0 Å². The van der Waals surface area contributed by atoms with Gasteiger partial charge in [0.1, 0.15) is 73.5 Å². The maximum Gasteiger partial charge on any atom is 0.318 e. The minimum absolute atomic E-state index is 0.0128. The molecule has 11 N–H and O–H groups in total. The lowest BCUT2D eigenvalue weighted by Crippen LogP contribution is -2.67. The highest BCUT2D eigenvalue weighted by molar-refractivity contribution is 6.63. The molecule has 0 aromatic heterocycles. The molecule has 15 unspecified atom stereocenters. The third kappa shape index (κ3) is 29.6. The second-order valence-corrected chi connectivity index (χ2v) is 29.4. The van der Waals surface area contributed by atoms with Crippen LogP contribution in [0.2, 0.25) is 0 Å². The fraction of sp³-hybridized carbons (Fsp3) is 0.857. The number of amides is 3. The zero-order valence-corrected chi connectivity index (χ0v) is 64.0. The monoisotopic (exact) mass is 1700 g/mol. The van der Waals surface area contributed by atoms with Crippen LogP contribution in [0.3, 0.4) is 0 Å². The van der Waals surface area contributed by atoms with Gasteiger partial charge in [0.25, 0.3) is 41.5 Å². The second-order valence-electron chi connectivity index (χ2n) is 28.7. The molecule has 0 aromatic rings. The summed E-state index contributed by atoms with van der Waals surface area (Å²) < 4.78 is 232. The van der Waals surface area contributed by atoms with Gasteiger partial charge in [0, 0.05) is 70.7 Å². The molecule has 31 nitrogen and oxygen atoms in total. The Morgan fingerprint density at radius 3 is 1.41 bits per heavy atom. The van der Waals surface area contributed by atoms with Crippen LogP contribution in [0.5, 0.6) is 0 Å². The number of esters is 3. The summed E-state index contributed by atoms with van der Waals surface area (Å²) in [5, 5.41) is 54.6. The van der Waals surface area contributed by atoms with Crippen molar-refractivity contribution in [2.24, 2.45) is 29.4 Å². The molecule has 0 spiro atoms. The number of fused-ring (bicyclic) bond motifs is 3. The number of carbonyl (C=O) groups is 9. The Hall–Kier alpha value is -5.51. The van der Waals surface area contributed by atoms with Crippen LogP contribution in [0.4, 0.5) is 70.2 Å². The number of aliphatic carboxylic acids is 1. The van der Waals surface area contributed by atoms with E-state index in [0.717, 1.165) is 14.2 Å². The average molecular weight is 1700 g/mol. The lowest BCUT2D eigenvalue weighted by atomic mass is 9.92. The first kappa shape index (κ1) is 101. The molecule has 11 heterocycles. The predicted molar refractivity (Wildman–Crippen MR) is 359 cm³/mol. The molecule has 11 aliphatic rings. The van der Waals surface area contributed by atoms with E-state index < -0.39 is 200 Å². The maximum atomic E-state index is 13.4. The van der Waals surface area contributed by atoms with Gasteiger partial charge < -0.3 is 81.1 Å². The second kappa shape index (κ2) is 42.1. The van der Waals surface area contributed by atoms with Gasteiger partial charge in [-0.25, -0.2) is 61.5 Å². The molecule has 0 aromatic carbocycles. The molecule has 11 rings (SSSR count). The average Bonchev–Trinajstić information content (AvgIpc) is 1.52. The topological polar surface area (TPSA) is 398 Å². The molecule has 15 atom stereocenters. The number of halogens is 18. The summed E-state index contributed by atoms with van der Waals surface area (Å²) >= 11 is 10.1. The van der Waals surface area contributed by atoms with E-state index in [0.29, 0.717) is 32.6 Å². The minimum atomic E-state index is -3.45. The van der Waals surface area contributed by atoms with E-state index in [1.807, 2.05) is 0 Å². The number of alkyl halides is 17. The van der Waals surface area contributed by atoms with E-state index in [9.17, 15) is 124 Å². The smallest absolute Gasteiger partial charge is 0.318 e. The van der Waals surface area contributed by atoms with Crippen molar-refractivity contribution in [2.45, 2.75) is 134 Å². The number of carbonyl (C=O) groups excluding carboxylic acids is 8. The van der Waals surface area contributed by atoms with Crippen molar-refractivity contribution in [3.05, 3.63) is 0 Å². The van der Waals surface area contributed by atoms with Gasteiger partial charge in [-0.3, -0.25) is 72.6 Å². The Balaban J connectivity index is 0.000000329.